The molecular weight excluding hydrogens is 377 g/mol. The predicted molar refractivity (Wildman–Crippen MR) is 102 cm³/mol. The molecule has 0 saturated heterocycles. The predicted octanol–water partition coefficient (Wildman–Crippen LogP) is 2.10. The molecule has 0 fully saturated rings. The van der Waals surface area contributed by atoms with Crippen LogP contribution >= 0.6 is 36.4 Å². The molecule has 0 unspecified atom stereocenters. The molecule has 1 amide bonds. The van der Waals surface area contributed by atoms with E-state index in [4.69, 9.17) is 26.8 Å². The van der Waals surface area contributed by atoms with Gasteiger partial charge in [0.1, 0.15) is 0 Å². The highest BCUT2D eigenvalue weighted by molar-refractivity contribution is 6.32. The van der Waals surface area contributed by atoms with E-state index < -0.39 is 5.91 Å². The monoisotopic (exact) mass is 401 g/mol. The molecule has 0 aliphatic rings. The second-order valence-electron chi connectivity index (χ2n) is 5.20. The number of carbonyl (C=O) groups is 1. The van der Waals surface area contributed by atoms with E-state index in [-0.39, 0.29) is 31.4 Å². The molecule has 1 rings (SSSR count). The number of nitrogens with zero attached hydrogens (tertiary/aromatic N) is 1. The van der Waals surface area contributed by atoms with Gasteiger partial charge in [0.25, 0.3) is 5.91 Å². The van der Waals surface area contributed by atoms with Crippen LogP contribution in [0.4, 0.5) is 0 Å². The second kappa shape index (κ2) is 13.4. The first-order chi connectivity index (χ1) is 10.4. The molecule has 1 aromatic rings. The Hall–Kier alpha value is -0.920. The fraction of sp³-hybridized carbons (Fsp3) is 0.533. The molecule has 0 atom stereocenters. The number of ether oxygens (including phenoxy) is 2. The Balaban J connectivity index is 0. The summed E-state index contributed by atoms with van der Waals surface area (Å²) >= 11 is 6.19. The molecule has 0 saturated carbocycles. The van der Waals surface area contributed by atoms with E-state index in [1.807, 2.05) is 6.07 Å². The van der Waals surface area contributed by atoms with Gasteiger partial charge in [0, 0.05) is 6.54 Å². The van der Waals surface area contributed by atoms with Crippen LogP contribution in [0.5, 0.6) is 11.5 Å². The standard InChI is InChI=1S/C15H24ClN3O3.2ClH/c1-19(2)6-4-5-18-9-11-7-12(16)15(13(8-11)21-3)22-10-14(17)20;;/h7-8,18H,4-6,9-10H2,1-3H3,(H2,17,20);2*1H. The zero-order valence-corrected chi connectivity index (χ0v) is 16.5. The summed E-state index contributed by atoms with van der Waals surface area (Å²) < 4.78 is 10.5. The van der Waals surface area contributed by atoms with E-state index in [1.165, 1.54) is 7.11 Å². The van der Waals surface area contributed by atoms with Crippen LogP contribution in [0.3, 0.4) is 0 Å². The lowest BCUT2D eigenvalue weighted by atomic mass is 10.2. The third kappa shape index (κ3) is 9.39. The van der Waals surface area contributed by atoms with Crippen LogP contribution in [0.15, 0.2) is 12.1 Å². The van der Waals surface area contributed by atoms with Gasteiger partial charge in [-0.3, -0.25) is 4.79 Å². The maximum absolute atomic E-state index is 10.8. The van der Waals surface area contributed by atoms with Gasteiger partial charge in [-0.1, -0.05) is 11.6 Å². The number of primary amides is 1. The van der Waals surface area contributed by atoms with E-state index >= 15 is 0 Å². The third-order valence-corrected chi connectivity index (χ3v) is 3.22. The van der Waals surface area contributed by atoms with Crippen LogP contribution in [0.1, 0.15) is 12.0 Å². The minimum atomic E-state index is -0.565. The Morgan fingerprint density at radius 3 is 2.54 bits per heavy atom. The van der Waals surface area contributed by atoms with Gasteiger partial charge < -0.3 is 25.4 Å². The molecule has 0 aromatic heterocycles. The van der Waals surface area contributed by atoms with Crippen molar-refractivity contribution in [3.63, 3.8) is 0 Å². The van der Waals surface area contributed by atoms with Crippen LogP contribution < -0.4 is 20.5 Å². The summed E-state index contributed by atoms with van der Waals surface area (Å²) in [5.41, 5.74) is 6.05. The van der Waals surface area contributed by atoms with Crippen molar-refractivity contribution >= 4 is 42.3 Å². The number of benzene rings is 1. The van der Waals surface area contributed by atoms with E-state index in [0.717, 1.165) is 25.1 Å². The summed E-state index contributed by atoms with van der Waals surface area (Å²) in [6.07, 6.45) is 1.07. The van der Waals surface area contributed by atoms with Gasteiger partial charge in [0.05, 0.1) is 12.1 Å². The number of hydrogen-bond donors (Lipinski definition) is 2. The molecule has 140 valence electrons. The molecule has 6 nitrogen and oxygen atoms in total. The first-order valence-electron chi connectivity index (χ1n) is 7.07. The lowest BCUT2D eigenvalue weighted by Crippen LogP contribution is -2.21. The van der Waals surface area contributed by atoms with Crippen molar-refractivity contribution in [3.05, 3.63) is 22.7 Å². The van der Waals surface area contributed by atoms with Crippen LogP contribution in [0.2, 0.25) is 5.02 Å². The highest BCUT2D eigenvalue weighted by atomic mass is 35.5. The molecule has 0 aliphatic carbocycles. The summed E-state index contributed by atoms with van der Waals surface area (Å²) in [4.78, 5) is 12.9. The largest absolute Gasteiger partial charge is 0.493 e. The molecule has 9 heteroatoms. The average molecular weight is 403 g/mol. The summed E-state index contributed by atoms with van der Waals surface area (Å²) in [7, 11) is 5.63. The number of rotatable bonds is 10. The summed E-state index contributed by atoms with van der Waals surface area (Å²) in [5.74, 6) is 0.253. The Morgan fingerprint density at radius 1 is 1.33 bits per heavy atom. The minimum absolute atomic E-state index is 0. The first kappa shape index (κ1) is 25.3. The molecular formula is C15H26Cl3N3O3. The summed E-state index contributed by atoms with van der Waals surface area (Å²) in [5, 5.41) is 3.74. The molecule has 0 spiro atoms. The fourth-order valence-corrected chi connectivity index (χ4v) is 2.20. The Labute approximate surface area is 160 Å². The SMILES string of the molecule is COc1cc(CNCCCN(C)C)cc(Cl)c1OCC(N)=O.Cl.Cl. The summed E-state index contributed by atoms with van der Waals surface area (Å²) in [6.45, 7) is 2.40. The van der Waals surface area contributed by atoms with Gasteiger partial charge in [0.15, 0.2) is 18.1 Å². The number of nitrogens with two attached hydrogens (primary N) is 1. The average Bonchev–Trinajstić information content (AvgIpc) is 2.44. The van der Waals surface area contributed by atoms with Crippen LogP contribution in [-0.4, -0.2) is 51.7 Å². The molecule has 3 N–H and O–H groups in total. The van der Waals surface area contributed by atoms with Crippen molar-refractivity contribution in [2.75, 3.05) is 40.9 Å². The van der Waals surface area contributed by atoms with Crippen LogP contribution in [-0.2, 0) is 11.3 Å². The molecule has 1 aromatic carbocycles. The first-order valence-corrected chi connectivity index (χ1v) is 7.44. The topological polar surface area (TPSA) is 76.8 Å². The van der Waals surface area contributed by atoms with Crippen molar-refractivity contribution in [2.24, 2.45) is 5.73 Å². The number of carbonyl (C=O) groups excluding carboxylic acids is 1. The van der Waals surface area contributed by atoms with Crippen molar-refractivity contribution in [3.8, 4) is 11.5 Å². The third-order valence-electron chi connectivity index (χ3n) is 2.94. The van der Waals surface area contributed by atoms with Crippen molar-refractivity contribution < 1.29 is 14.3 Å². The van der Waals surface area contributed by atoms with E-state index in [9.17, 15) is 4.79 Å². The van der Waals surface area contributed by atoms with E-state index in [1.54, 1.807) is 6.07 Å². The van der Waals surface area contributed by atoms with Gasteiger partial charge in [-0.2, -0.15) is 0 Å². The number of amides is 1. The zero-order valence-electron chi connectivity index (χ0n) is 14.1. The van der Waals surface area contributed by atoms with Gasteiger partial charge in [0.2, 0.25) is 0 Å². The molecule has 0 radical (unpaired) electrons. The highest BCUT2D eigenvalue weighted by Gasteiger charge is 2.13. The number of hydrogen-bond acceptors (Lipinski definition) is 5. The molecule has 0 bridgehead atoms. The van der Waals surface area contributed by atoms with Gasteiger partial charge >= 0.3 is 0 Å². The fourth-order valence-electron chi connectivity index (χ4n) is 1.91. The Kier molecular flexibility index (Phi) is 14.1. The lowest BCUT2D eigenvalue weighted by molar-refractivity contribution is -0.119. The maximum atomic E-state index is 10.8. The van der Waals surface area contributed by atoms with Gasteiger partial charge in [-0.15, -0.1) is 24.8 Å². The van der Waals surface area contributed by atoms with Gasteiger partial charge in [-0.05, 0) is 51.3 Å². The smallest absolute Gasteiger partial charge is 0.255 e. The number of methoxy groups -OCH3 is 1. The number of halogens is 3. The minimum Gasteiger partial charge on any atom is -0.493 e. The quantitative estimate of drug-likeness (QED) is 0.586. The van der Waals surface area contributed by atoms with Gasteiger partial charge in [-0.25, -0.2) is 0 Å². The van der Waals surface area contributed by atoms with Crippen LogP contribution in [0, 0.1) is 0 Å². The second-order valence-corrected chi connectivity index (χ2v) is 5.60. The molecule has 0 aliphatic heterocycles. The Morgan fingerprint density at radius 2 is 2.00 bits per heavy atom. The van der Waals surface area contributed by atoms with E-state index in [0.29, 0.717) is 23.1 Å². The van der Waals surface area contributed by atoms with Crippen molar-refractivity contribution in [1.82, 2.24) is 10.2 Å². The highest BCUT2D eigenvalue weighted by Crippen LogP contribution is 2.36. The lowest BCUT2D eigenvalue weighted by Gasteiger charge is -2.14. The molecule has 24 heavy (non-hydrogen) atoms. The maximum Gasteiger partial charge on any atom is 0.255 e. The summed E-state index contributed by atoms with van der Waals surface area (Å²) in [6, 6.07) is 3.63. The van der Waals surface area contributed by atoms with Crippen molar-refractivity contribution in [1.29, 1.82) is 0 Å². The number of nitrogens with one attached hydrogen (secondary N) is 1. The van der Waals surface area contributed by atoms with E-state index in [2.05, 4.69) is 24.3 Å². The molecule has 0 heterocycles. The van der Waals surface area contributed by atoms with Crippen LogP contribution in [0.25, 0.3) is 0 Å². The van der Waals surface area contributed by atoms with Crippen molar-refractivity contribution in [2.45, 2.75) is 13.0 Å². The normalized spacial score (nSPS) is 9.88. The zero-order chi connectivity index (χ0) is 16.5. The Bertz CT molecular complexity index is 502.